The van der Waals surface area contributed by atoms with E-state index in [1.54, 1.807) is 11.3 Å². The number of fused-ring (bicyclic) bond motifs is 1. The van der Waals surface area contributed by atoms with Gasteiger partial charge < -0.3 is 4.90 Å². The molecule has 1 aromatic carbocycles. The predicted octanol–water partition coefficient (Wildman–Crippen LogP) is 3.44. The van der Waals surface area contributed by atoms with E-state index in [1.165, 1.54) is 16.3 Å². The minimum Gasteiger partial charge on any atom is -0.366 e. The molecule has 2 nitrogen and oxygen atoms in total. The molecule has 0 aliphatic carbocycles. The fourth-order valence-corrected chi connectivity index (χ4v) is 3.37. The van der Waals surface area contributed by atoms with Crippen LogP contribution in [0, 0.1) is 0 Å². The van der Waals surface area contributed by atoms with Crippen LogP contribution in [0.3, 0.4) is 0 Å². The first-order valence-electron chi connectivity index (χ1n) is 5.70. The summed E-state index contributed by atoms with van der Waals surface area (Å²) in [7, 11) is 0. The fourth-order valence-electron chi connectivity index (χ4n) is 2.17. The lowest BCUT2D eigenvalue weighted by Crippen LogP contribution is -2.29. The van der Waals surface area contributed by atoms with Crippen LogP contribution in [0.5, 0.6) is 0 Å². The molecule has 1 aliphatic heterocycles. The van der Waals surface area contributed by atoms with Crippen LogP contribution in [0.1, 0.15) is 15.6 Å². The van der Waals surface area contributed by atoms with Crippen LogP contribution in [0.25, 0.3) is 0 Å². The summed E-state index contributed by atoms with van der Waals surface area (Å²) in [5.41, 5.74) is 2.54. The summed E-state index contributed by atoms with van der Waals surface area (Å²) in [5, 5.41) is 1.05. The second-order valence-electron chi connectivity index (χ2n) is 4.12. The molecular formula is C13H13ClN2S. The zero-order valence-electron chi connectivity index (χ0n) is 9.40. The Labute approximate surface area is 110 Å². The molecule has 4 heteroatoms. The van der Waals surface area contributed by atoms with Gasteiger partial charge in [-0.1, -0.05) is 18.2 Å². The van der Waals surface area contributed by atoms with Crippen molar-refractivity contribution < 1.29 is 0 Å². The standard InChI is InChI=1S/C13H13ClN2S/c14-8-13-15-11-6-7-16(9-12(11)17-13)10-4-2-1-3-5-10/h1-5H,6-9H2. The van der Waals surface area contributed by atoms with E-state index in [9.17, 15) is 0 Å². The molecule has 0 saturated carbocycles. The molecule has 0 amide bonds. The molecule has 0 radical (unpaired) electrons. The monoisotopic (exact) mass is 264 g/mol. The van der Waals surface area contributed by atoms with Gasteiger partial charge in [0, 0.05) is 23.5 Å². The predicted molar refractivity (Wildman–Crippen MR) is 72.9 cm³/mol. The molecule has 1 aliphatic rings. The topological polar surface area (TPSA) is 16.1 Å². The maximum absolute atomic E-state index is 5.83. The van der Waals surface area contributed by atoms with E-state index in [4.69, 9.17) is 11.6 Å². The zero-order chi connectivity index (χ0) is 11.7. The van der Waals surface area contributed by atoms with E-state index >= 15 is 0 Å². The van der Waals surface area contributed by atoms with Gasteiger partial charge in [0.25, 0.3) is 0 Å². The van der Waals surface area contributed by atoms with E-state index in [0.717, 1.165) is 24.5 Å². The molecule has 88 valence electrons. The number of thiazole rings is 1. The van der Waals surface area contributed by atoms with Crippen molar-refractivity contribution in [1.29, 1.82) is 0 Å². The number of aromatic nitrogens is 1. The summed E-state index contributed by atoms with van der Waals surface area (Å²) >= 11 is 7.58. The first kappa shape index (κ1) is 11.1. The third kappa shape index (κ3) is 2.17. The van der Waals surface area contributed by atoms with Crippen molar-refractivity contribution in [3.8, 4) is 0 Å². The van der Waals surface area contributed by atoms with E-state index in [2.05, 4.69) is 40.2 Å². The number of hydrogen-bond acceptors (Lipinski definition) is 3. The lowest BCUT2D eigenvalue weighted by atomic mass is 10.1. The molecule has 0 fully saturated rings. The van der Waals surface area contributed by atoms with Crippen LogP contribution in [-0.4, -0.2) is 11.5 Å². The normalized spacial score (nSPS) is 14.8. The lowest BCUT2D eigenvalue weighted by Gasteiger charge is -2.28. The number of anilines is 1. The number of hydrogen-bond donors (Lipinski definition) is 0. The van der Waals surface area contributed by atoms with Gasteiger partial charge >= 0.3 is 0 Å². The highest BCUT2D eigenvalue weighted by atomic mass is 35.5. The van der Waals surface area contributed by atoms with Crippen LogP contribution < -0.4 is 4.90 Å². The molecule has 0 atom stereocenters. The van der Waals surface area contributed by atoms with Gasteiger partial charge in [-0.05, 0) is 12.1 Å². The van der Waals surface area contributed by atoms with Gasteiger partial charge in [-0.25, -0.2) is 4.98 Å². The summed E-state index contributed by atoms with van der Waals surface area (Å²) in [6, 6.07) is 10.5. The molecule has 0 spiro atoms. The Kier molecular flexibility index (Phi) is 3.04. The average Bonchev–Trinajstić information content (AvgIpc) is 2.81. The Morgan fingerprint density at radius 1 is 1.29 bits per heavy atom. The van der Waals surface area contributed by atoms with Gasteiger partial charge in [0.05, 0.1) is 18.1 Å². The number of rotatable bonds is 2. The Hall–Kier alpha value is -1.06. The van der Waals surface area contributed by atoms with Crippen LogP contribution in [0.2, 0.25) is 0 Å². The van der Waals surface area contributed by atoms with Crippen LogP contribution in [0.15, 0.2) is 30.3 Å². The molecule has 3 rings (SSSR count). The van der Waals surface area contributed by atoms with Crippen molar-refractivity contribution >= 4 is 28.6 Å². The minimum absolute atomic E-state index is 0.531. The highest BCUT2D eigenvalue weighted by Gasteiger charge is 2.20. The number of nitrogens with zero attached hydrogens (tertiary/aromatic N) is 2. The number of benzene rings is 1. The smallest absolute Gasteiger partial charge is 0.108 e. The zero-order valence-corrected chi connectivity index (χ0v) is 11.0. The number of alkyl halides is 1. The summed E-state index contributed by atoms with van der Waals surface area (Å²) in [4.78, 5) is 8.33. The highest BCUT2D eigenvalue weighted by Crippen LogP contribution is 2.28. The second kappa shape index (κ2) is 4.67. The summed E-state index contributed by atoms with van der Waals surface area (Å²) < 4.78 is 0. The van der Waals surface area contributed by atoms with Crippen molar-refractivity contribution in [2.24, 2.45) is 0 Å². The van der Waals surface area contributed by atoms with E-state index in [1.807, 2.05) is 0 Å². The van der Waals surface area contributed by atoms with E-state index in [-0.39, 0.29) is 0 Å². The average molecular weight is 265 g/mol. The highest BCUT2D eigenvalue weighted by molar-refractivity contribution is 7.12. The quantitative estimate of drug-likeness (QED) is 0.773. The van der Waals surface area contributed by atoms with Crippen molar-refractivity contribution in [3.05, 3.63) is 45.9 Å². The van der Waals surface area contributed by atoms with Crippen LogP contribution in [0.4, 0.5) is 5.69 Å². The van der Waals surface area contributed by atoms with Crippen LogP contribution in [-0.2, 0) is 18.8 Å². The third-order valence-electron chi connectivity index (χ3n) is 3.01. The van der Waals surface area contributed by atoms with E-state index in [0.29, 0.717) is 5.88 Å². The van der Waals surface area contributed by atoms with Gasteiger partial charge in [0.15, 0.2) is 0 Å². The summed E-state index contributed by atoms with van der Waals surface area (Å²) in [5.74, 6) is 0.531. The van der Waals surface area contributed by atoms with Gasteiger partial charge in [-0.2, -0.15) is 0 Å². The molecule has 2 heterocycles. The molecule has 2 aromatic rings. The Morgan fingerprint density at radius 2 is 2.12 bits per heavy atom. The third-order valence-corrected chi connectivity index (χ3v) is 4.51. The molecule has 1 aromatic heterocycles. The number of para-hydroxylation sites is 1. The minimum atomic E-state index is 0.531. The fraction of sp³-hybridized carbons (Fsp3) is 0.308. The van der Waals surface area contributed by atoms with E-state index < -0.39 is 0 Å². The lowest BCUT2D eigenvalue weighted by molar-refractivity contribution is 0.728. The Morgan fingerprint density at radius 3 is 2.88 bits per heavy atom. The first-order chi connectivity index (χ1) is 8.36. The molecular weight excluding hydrogens is 252 g/mol. The van der Waals surface area contributed by atoms with Crippen molar-refractivity contribution in [2.75, 3.05) is 11.4 Å². The van der Waals surface area contributed by atoms with Crippen molar-refractivity contribution in [1.82, 2.24) is 4.98 Å². The molecule has 0 bridgehead atoms. The van der Waals surface area contributed by atoms with Crippen molar-refractivity contribution in [3.63, 3.8) is 0 Å². The van der Waals surface area contributed by atoms with Crippen LogP contribution >= 0.6 is 22.9 Å². The largest absolute Gasteiger partial charge is 0.366 e. The summed E-state index contributed by atoms with van der Waals surface area (Å²) in [6.07, 6.45) is 1.03. The van der Waals surface area contributed by atoms with Gasteiger partial charge in [0.1, 0.15) is 5.01 Å². The van der Waals surface area contributed by atoms with Gasteiger partial charge in [-0.15, -0.1) is 22.9 Å². The SMILES string of the molecule is ClCc1nc2c(s1)CN(c1ccccc1)CC2. The molecule has 0 N–H and O–H groups in total. The Balaban J connectivity index is 1.85. The Bertz CT molecular complexity index is 509. The maximum atomic E-state index is 5.83. The van der Waals surface area contributed by atoms with Crippen molar-refractivity contribution in [2.45, 2.75) is 18.8 Å². The maximum Gasteiger partial charge on any atom is 0.108 e. The van der Waals surface area contributed by atoms with Gasteiger partial charge in [0.2, 0.25) is 0 Å². The molecule has 17 heavy (non-hydrogen) atoms. The second-order valence-corrected chi connectivity index (χ2v) is 5.55. The van der Waals surface area contributed by atoms with Gasteiger partial charge in [-0.3, -0.25) is 0 Å². The number of halogens is 1. The first-order valence-corrected chi connectivity index (χ1v) is 7.05. The molecule has 0 unspecified atom stereocenters. The molecule has 0 saturated heterocycles. The summed E-state index contributed by atoms with van der Waals surface area (Å²) in [6.45, 7) is 2.01.